The molecule has 2 aromatic heterocycles. The van der Waals surface area contributed by atoms with E-state index < -0.39 is 23.2 Å². The summed E-state index contributed by atoms with van der Waals surface area (Å²) in [6.07, 6.45) is 8.78. The molecule has 4 aromatic carbocycles. The van der Waals surface area contributed by atoms with Crippen LogP contribution < -0.4 is 0 Å². The summed E-state index contributed by atoms with van der Waals surface area (Å²) >= 11 is -1.30. The molecule has 6 aromatic rings. The number of furan rings is 2. The number of rotatable bonds is 10. The second-order valence-electron chi connectivity index (χ2n) is 13.2. The van der Waals surface area contributed by atoms with Gasteiger partial charge in [-0.1, -0.05) is 0 Å². The van der Waals surface area contributed by atoms with E-state index in [1.807, 2.05) is 0 Å². The third kappa shape index (κ3) is 5.91. The van der Waals surface area contributed by atoms with Crippen molar-refractivity contribution in [2.45, 2.75) is 60.6 Å². The molecule has 0 saturated heterocycles. The summed E-state index contributed by atoms with van der Waals surface area (Å²) in [6, 6.07) is 40.9. The first-order chi connectivity index (χ1) is 24.1. The van der Waals surface area contributed by atoms with Gasteiger partial charge >= 0.3 is 304 Å². The maximum absolute atomic E-state index is 6.54. The van der Waals surface area contributed by atoms with E-state index in [-0.39, 0.29) is 0 Å². The summed E-state index contributed by atoms with van der Waals surface area (Å²) in [6.45, 7) is 8.77. The van der Waals surface area contributed by atoms with Gasteiger partial charge in [0.1, 0.15) is 0 Å². The van der Waals surface area contributed by atoms with Crippen molar-refractivity contribution in [2.75, 3.05) is 0 Å². The Balaban J connectivity index is 1.26. The molecule has 0 radical (unpaired) electrons. The van der Waals surface area contributed by atoms with Crippen molar-refractivity contribution in [3.8, 4) is 22.3 Å². The van der Waals surface area contributed by atoms with E-state index in [1.165, 1.54) is 66.8 Å². The molecule has 2 nitrogen and oxygen atoms in total. The van der Waals surface area contributed by atoms with Gasteiger partial charge in [0.25, 0.3) is 0 Å². The Bertz CT molecular complexity index is 2030. The van der Waals surface area contributed by atoms with Crippen LogP contribution in [0, 0.1) is 0 Å². The van der Waals surface area contributed by atoms with Crippen molar-refractivity contribution < 1.29 is 32.1 Å². The number of allylic oxidation sites excluding steroid dienone is 2. The molecule has 0 fully saturated rings. The van der Waals surface area contributed by atoms with Crippen LogP contribution in [0.5, 0.6) is 0 Å². The van der Waals surface area contributed by atoms with Crippen molar-refractivity contribution in [1.82, 2.24) is 0 Å². The predicted molar refractivity (Wildman–Crippen MR) is 200 cm³/mol. The third-order valence-electron chi connectivity index (χ3n) is 10.4. The summed E-state index contributed by atoms with van der Waals surface area (Å²) in [5.41, 5.74) is 16.2. The second kappa shape index (κ2) is 13.6. The van der Waals surface area contributed by atoms with E-state index in [0.717, 1.165) is 48.7 Å². The first-order valence-corrected chi connectivity index (χ1v) is 20.7. The minimum atomic E-state index is -1.30. The molecular formula is C46H42O2Zr. The second-order valence-corrected chi connectivity index (χ2v) is 16.8. The molecule has 2 unspecified atom stereocenters. The average Bonchev–Trinajstić information content (AvgIpc) is 3.97. The number of hydrogen-bond acceptors (Lipinski definition) is 2. The standard InChI is InChI=1S/2C23H21O.Zr/c2*1-3-16-8-10-17(11-9-16)21-7-5-6-18-14-19(15-22(18)21)23-13-12-20(4-2)24-23;/h2*5-15H,3-4H2,1-2H3;. The van der Waals surface area contributed by atoms with Gasteiger partial charge in [-0.3, -0.25) is 0 Å². The molecule has 0 spiro atoms. The number of fused-ring (bicyclic) bond motifs is 2. The van der Waals surface area contributed by atoms with Crippen molar-refractivity contribution >= 4 is 23.3 Å². The maximum atomic E-state index is 6.54. The van der Waals surface area contributed by atoms with Crippen LogP contribution in [0.15, 0.2) is 118 Å². The van der Waals surface area contributed by atoms with Gasteiger partial charge in [-0.2, -0.15) is 0 Å². The molecule has 0 bridgehead atoms. The summed E-state index contributed by atoms with van der Waals surface area (Å²) in [4.78, 5) is 0. The Hall–Kier alpha value is -4.20. The molecule has 0 N–H and O–H groups in total. The first-order valence-electron chi connectivity index (χ1n) is 17.9. The van der Waals surface area contributed by atoms with Crippen molar-refractivity contribution in [3.63, 3.8) is 0 Å². The zero-order chi connectivity index (χ0) is 33.5. The number of benzene rings is 4. The molecule has 0 saturated carbocycles. The molecule has 0 amide bonds. The topological polar surface area (TPSA) is 26.3 Å². The molecule has 2 atom stereocenters. The Morgan fingerprint density at radius 3 is 1.27 bits per heavy atom. The monoisotopic (exact) mass is 716 g/mol. The zero-order valence-electron chi connectivity index (χ0n) is 28.8. The van der Waals surface area contributed by atoms with Gasteiger partial charge in [0.05, 0.1) is 0 Å². The van der Waals surface area contributed by atoms with Crippen molar-refractivity contribution in [1.29, 1.82) is 0 Å². The van der Waals surface area contributed by atoms with Crippen molar-refractivity contribution in [2.24, 2.45) is 0 Å². The Morgan fingerprint density at radius 1 is 0.469 bits per heavy atom. The fraction of sp³-hybridized carbons (Fsp3) is 0.217. The Morgan fingerprint density at radius 2 is 0.898 bits per heavy atom. The summed E-state index contributed by atoms with van der Waals surface area (Å²) in [5, 5.41) is 0. The number of aryl methyl sites for hydroxylation is 4. The summed E-state index contributed by atoms with van der Waals surface area (Å²) in [5.74, 6) is 4.12. The number of hydrogen-bond donors (Lipinski definition) is 0. The molecule has 3 heteroatoms. The van der Waals surface area contributed by atoms with E-state index in [4.69, 9.17) is 8.83 Å². The van der Waals surface area contributed by atoms with Gasteiger partial charge in [-0.25, -0.2) is 0 Å². The van der Waals surface area contributed by atoms with Crippen LogP contribution in [0.1, 0.15) is 91.4 Å². The first kappa shape index (κ1) is 32.0. The van der Waals surface area contributed by atoms with Gasteiger partial charge in [-0.05, 0) is 0 Å². The van der Waals surface area contributed by atoms with E-state index in [2.05, 4.69) is 149 Å². The van der Waals surface area contributed by atoms with E-state index in [0.29, 0.717) is 7.25 Å². The quantitative estimate of drug-likeness (QED) is 0.141. The zero-order valence-corrected chi connectivity index (χ0v) is 31.3. The summed E-state index contributed by atoms with van der Waals surface area (Å²) < 4.78 is 13.7. The fourth-order valence-electron chi connectivity index (χ4n) is 7.55. The van der Waals surface area contributed by atoms with E-state index >= 15 is 0 Å². The predicted octanol–water partition coefficient (Wildman–Crippen LogP) is 12.4. The van der Waals surface area contributed by atoms with Gasteiger partial charge in [0, 0.05) is 0 Å². The molecule has 0 aliphatic heterocycles. The van der Waals surface area contributed by atoms with Crippen molar-refractivity contribution in [3.05, 3.63) is 166 Å². The van der Waals surface area contributed by atoms with Crippen LogP contribution in [-0.2, 0) is 48.9 Å². The van der Waals surface area contributed by atoms with Crippen LogP contribution in [-0.4, -0.2) is 0 Å². The van der Waals surface area contributed by atoms with Crippen LogP contribution in [0.2, 0.25) is 0 Å². The molecular weight excluding hydrogens is 676 g/mol. The molecule has 2 heterocycles. The van der Waals surface area contributed by atoms with Crippen LogP contribution in [0.3, 0.4) is 0 Å². The van der Waals surface area contributed by atoms with Crippen LogP contribution >= 0.6 is 0 Å². The fourth-order valence-corrected chi connectivity index (χ4v) is 12.5. The average molecular weight is 718 g/mol. The molecule has 8 rings (SSSR count). The Kier molecular flexibility index (Phi) is 8.89. The van der Waals surface area contributed by atoms with Gasteiger partial charge < -0.3 is 0 Å². The van der Waals surface area contributed by atoms with E-state index in [9.17, 15) is 0 Å². The minimum absolute atomic E-state index is 0.330. The molecule has 2 aliphatic carbocycles. The molecule has 242 valence electrons. The summed E-state index contributed by atoms with van der Waals surface area (Å²) in [7, 11) is 0. The van der Waals surface area contributed by atoms with E-state index in [1.54, 1.807) is 0 Å². The van der Waals surface area contributed by atoms with Gasteiger partial charge in [-0.15, -0.1) is 0 Å². The normalized spacial score (nSPS) is 16.3. The Labute approximate surface area is 302 Å². The van der Waals surface area contributed by atoms with Gasteiger partial charge in [0.2, 0.25) is 0 Å². The SMILES string of the molecule is CCc1ccc(-c2cccc3c2C=C(c2ccc(CC)o2)[CH]3[Zr][CH]2C(c3ccc(CC)o3)=Cc3c(-c4ccc(CC)cc4)cccc32)cc1. The molecule has 2 aliphatic rings. The third-order valence-corrected chi connectivity index (χ3v) is 15.1. The van der Waals surface area contributed by atoms with Crippen LogP contribution in [0.25, 0.3) is 45.6 Å². The van der Waals surface area contributed by atoms with Gasteiger partial charge in [0.15, 0.2) is 0 Å². The molecule has 49 heavy (non-hydrogen) atoms. The van der Waals surface area contributed by atoms with Crippen LogP contribution in [0.4, 0.5) is 0 Å².